The first kappa shape index (κ1) is 79.2. The van der Waals surface area contributed by atoms with Gasteiger partial charge < -0.3 is 89.9 Å². The Balaban J connectivity index is 1.28. The number of allylic oxidation sites excluding steroid dienone is 6. The van der Waals surface area contributed by atoms with Gasteiger partial charge in [0.15, 0.2) is 18.9 Å². The zero-order chi connectivity index (χ0) is 63.3. The third-order valence-electron chi connectivity index (χ3n) is 17.5. The topological polar surface area (TPSA) is 307 Å². The van der Waals surface area contributed by atoms with E-state index in [0.29, 0.717) is 12.8 Å². The van der Waals surface area contributed by atoms with E-state index < -0.39 is 124 Å². The van der Waals surface area contributed by atoms with Crippen molar-refractivity contribution in [1.82, 2.24) is 5.32 Å². The van der Waals surface area contributed by atoms with E-state index in [9.17, 15) is 61.0 Å². The average Bonchev–Trinajstić information content (AvgIpc) is 2.35. The van der Waals surface area contributed by atoms with E-state index in [4.69, 9.17) is 28.4 Å². The van der Waals surface area contributed by atoms with Crippen LogP contribution >= 0.6 is 0 Å². The highest BCUT2D eigenvalue weighted by Gasteiger charge is 2.53. The Bertz CT molecular complexity index is 1720. The van der Waals surface area contributed by atoms with Gasteiger partial charge in [-0.05, 0) is 51.4 Å². The smallest absolute Gasteiger partial charge is 0.220 e. The average molecular weight is 1240 g/mol. The molecular formula is C68H125NO18. The molecule has 19 nitrogen and oxygen atoms in total. The highest BCUT2D eigenvalue weighted by atomic mass is 16.8. The molecule has 3 fully saturated rings. The normalized spacial score (nSPS) is 28.8. The van der Waals surface area contributed by atoms with E-state index >= 15 is 0 Å². The molecule has 3 saturated heterocycles. The molecule has 3 aliphatic rings. The van der Waals surface area contributed by atoms with Crippen LogP contribution in [0.5, 0.6) is 0 Å². The largest absolute Gasteiger partial charge is 0.394 e. The Labute approximate surface area is 523 Å². The summed E-state index contributed by atoms with van der Waals surface area (Å²) in [7, 11) is 0. The quantitative estimate of drug-likeness (QED) is 0.0200. The first-order valence-electron chi connectivity index (χ1n) is 34.7. The lowest BCUT2D eigenvalue weighted by Gasteiger charge is -2.48. The van der Waals surface area contributed by atoms with Crippen LogP contribution in [0.2, 0.25) is 0 Å². The van der Waals surface area contributed by atoms with Gasteiger partial charge in [-0.1, -0.05) is 237 Å². The lowest BCUT2D eigenvalue weighted by atomic mass is 9.96. The van der Waals surface area contributed by atoms with Gasteiger partial charge in [-0.15, -0.1) is 0 Å². The number of unbranched alkanes of at least 4 members (excludes halogenated alkanes) is 31. The van der Waals surface area contributed by atoms with Crippen LogP contribution in [-0.4, -0.2) is 193 Å². The minimum absolute atomic E-state index is 0.244. The van der Waals surface area contributed by atoms with Gasteiger partial charge in [-0.2, -0.15) is 0 Å². The van der Waals surface area contributed by atoms with Crippen LogP contribution in [0.4, 0.5) is 0 Å². The minimum Gasteiger partial charge on any atom is -0.394 e. The number of amides is 1. The van der Waals surface area contributed by atoms with Crippen molar-refractivity contribution in [3.05, 3.63) is 36.5 Å². The number of ether oxygens (including phenoxy) is 6. The van der Waals surface area contributed by atoms with E-state index in [1.807, 2.05) is 0 Å². The van der Waals surface area contributed by atoms with Crippen LogP contribution in [0.15, 0.2) is 36.5 Å². The summed E-state index contributed by atoms with van der Waals surface area (Å²) < 4.78 is 34.3. The molecule has 0 spiro atoms. The fourth-order valence-corrected chi connectivity index (χ4v) is 11.8. The second kappa shape index (κ2) is 50.6. The van der Waals surface area contributed by atoms with Crippen molar-refractivity contribution >= 4 is 5.91 Å². The molecule has 19 heteroatoms. The summed E-state index contributed by atoms with van der Waals surface area (Å²) in [6.45, 7) is 1.73. The van der Waals surface area contributed by atoms with E-state index in [1.54, 1.807) is 0 Å². The van der Waals surface area contributed by atoms with Crippen molar-refractivity contribution in [2.75, 3.05) is 26.4 Å². The summed E-state index contributed by atoms with van der Waals surface area (Å²) in [5.41, 5.74) is 0. The summed E-state index contributed by atoms with van der Waals surface area (Å²) in [6.07, 6.45) is 31.6. The maximum absolute atomic E-state index is 13.3. The molecule has 0 aromatic heterocycles. The van der Waals surface area contributed by atoms with Crippen LogP contribution in [0.1, 0.15) is 258 Å². The van der Waals surface area contributed by atoms with Crippen LogP contribution in [-0.2, 0) is 33.2 Å². The number of hydrogen-bond acceptors (Lipinski definition) is 18. The molecule has 17 unspecified atom stereocenters. The molecule has 510 valence electrons. The maximum Gasteiger partial charge on any atom is 0.220 e. The molecule has 3 aliphatic heterocycles. The van der Waals surface area contributed by atoms with Crippen LogP contribution < -0.4 is 5.32 Å². The number of aliphatic hydroxyl groups is 11. The monoisotopic (exact) mass is 1240 g/mol. The SMILES string of the molecule is CCCCCCC/C=C\C/C=C\C/C=C\CCCCCCCCCCCCCCCCCCCCCCC(=O)NC(COC1OC(CO)C(OC2OC(CO)C(OC3OC(CO)C(O)C(O)C3O)C(O)C2O)C(O)C1O)C(O)CCCCCCCCC. The third-order valence-corrected chi connectivity index (χ3v) is 17.5. The molecule has 1 amide bonds. The number of aliphatic hydroxyl groups excluding tert-OH is 11. The molecular weight excluding hydrogens is 1120 g/mol. The van der Waals surface area contributed by atoms with Gasteiger partial charge in [-0.3, -0.25) is 4.79 Å². The van der Waals surface area contributed by atoms with Gasteiger partial charge in [-0.25, -0.2) is 0 Å². The van der Waals surface area contributed by atoms with Gasteiger partial charge >= 0.3 is 0 Å². The fourth-order valence-electron chi connectivity index (χ4n) is 11.8. The van der Waals surface area contributed by atoms with Crippen molar-refractivity contribution in [3.8, 4) is 0 Å². The number of rotatable bonds is 53. The molecule has 0 bridgehead atoms. The highest BCUT2D eigenvalue weighted by molar-refractivity contribution is 5.76. The third kappa shape index (κ3) is 32.9. The number of nitrogens with one attached hydrogen (secondary N) is 1. The van der Waals surface area contributed by atoms with Crippen molar-refractivity contribution in [1.29, 1.82) is 0 Å². The molecule has 0 saturated carbocycles. The molecule has 87 heavy (non-hydrogen) atoms. The molecule has 17 atom stereocenters. The molecule has 3 rings (SSSR count). The zero-order valence-corrected chi connectivity index (χ0v) is 53.8. The van der Waals surface area contributed by atoms with Gasteiger partial charge in [0, 0.05) is 6.42 Å². The molecule has 0 aliphatic carbocycles. The number of carbonyl (C=O) groups excluding carboxylic acids is 1. The Morgan fingerprint density at radius 3 is 1.18 bits per heavy atom. The minimum atomic E-state index is -1.97. The van der Waals surface area contributed by atoms with Crippen molar-refractivity contribution in [3.63, 3.8) is 0 Å². The van der Waals surface area contributed by atoms with Crippen molar-refractivity contribution in [2.45, 2.75) is 362 Å². The second-order valence-electron chi connectivity index (χ2n) is 25.0. The van der Waals surface area contributed by atoms with Gasteiger partial charge in [0.05, 0.1) is 38.6 Å². The van der Waals surface area contributed by atoms with E-state index in [2.05, 4.69) is 55.6 Å². The maximum atomic E-state index is 13.3. The Morgan fingerprint density at radius 1 is 0.414 bits per heavy atom. The van der Waals surface area contributed by atoms with E-state index in [1.165, 1.54) is 154 Å². The Hall–Kier alpha value is -1.99. The van der Waals surface area contributed by atoms with Crippen molar-refractivity contribution in [2.24, 2.45) is 0 Å². The van der Waals surface area contributed by atoms with Crippen LogP contribution in [0, 0.1) is 0 Å². The Kier molecular flexibility index (Phi) is 46.0. The first-order valence-corrected chi connectivity index (χ1v) is 34.7. The number of carbonyl (C=O) groups is 1. The fraction of sp³-hybridized carbons (Fsp3) is 0.897. The molecule has 12 N–H and O–H groups in total. The summed E-state index contributed by atoms with van der Waals surface area (Å²) in [4.78, 5) is 13.3. The lowest BCUT2D eigenvalue weighted by molar-refractivity contribution is -0.379. The predicted molar refractivity (Wildman–Crippen MR) is 337 cm³/mol. The van der Waals surface area contributed by atoms with Gasteiger partial charge in [0.1, 0.15) is 73.2 Å². The van der Waals surface area contributed by atoms with E-state index in [0.717, 1.165) is 70.6 Å². The first-order chi connectivity index (χ1) is 42.3. The number of hydrogen-bond donors (Lipinski definition) is 12. The van der Waals surface area contributed by atoms with Crippen molar-refractivity contribution < 1.29 is 89.4 Å². The molecule has 0 aromatic rings. The summed E-state index contributed by atoms with van der Waals surface area (Å²) in [6, 6.07) is -0.882. The Morgan fingerprint density at radius 2 is 0.759 bits per heavy atom. The van der Waals surface area contributed by atoms with Gasteiger partial charge in [0.2, 0.25) is 5.91 Å². The van der Waals surface area contributed by atoms with Crippen LogP contribution in [0.25, 0.3) is 0 Å². The van der Waals surface area contributed by atoms with Crippen LogP contribution in [0.3, 0.4) is 0 Å². The van der Waals surface area contributed by atoms with E-state index in [-0.39, 0.29) is 18.9 Å². The standard InChI is InChI=1S/C68H125NO18/c1-3-5-7-9-11-12-13-14-15-16-17-18-19-20-21-22-23-24-25-26-27-28-29-30-31-32-33-34-35-36-37-38-40-42-44-46-56(74)69-51(52(73)45-43-41-39-10-8-6-4-2)50-82-66-62(80)59(77)64(54(48-71)84-66)87-68-63(81)60(78)65(55(49-72)85-68)86-67-61(79)58(76)57(75)53(47-70)83-67/h13-14,16-17,19-20,51-55,57-68,70-73,75-81H,3-12,15,18,21-50H2,1-2H3,(H,69,74)/b14-13-,17-16-,20-19-. The predicted octanol–water partition coefficient (Wildman–Crippen LogP) is 8.83. The highest BCUT2D eigenvalue weighted by Crippen LogP contribution is 2.33. The second-order valence-corrected chi connectivity index (χ2v) is 25.0. The lowest BCUT2D eigenvalue weighted by Crippen LogP contribution is -2.66. The molecule has 0 radical (unpaired) electrons. The molecule has 3 heterocycles. The molecule has 0 aromatic carbocycles. The zero-order valence-electron chi connectivity index (χ0n) is 53.8. The van der Waals surface area contributed by atoms with Gasteiger partial charge in [0.25, 0.3) is 0 Å². The summed E-state index contributed by atoms with van der Waals surface area (Å²) in [5.74, 6) is -0.244. The summed E-state index contributed by atoms with van der Waals surface area (Å²) in [5, 5.41) is 120. The summed E-state index contributed by atoms with van der Waals surface area (Å²) >= 11 is 0.